The zero-order valence-electron chi connectivity index (χ0n) is 10.6. The fraction of sp³-hybridized carbons (Fsp3) is 0.385. The summed E-state index contributed by atoms with van der Waals surface area (Å²) in [6.45, 7) is 0.0639. The molecule has 1 aliphatic rings. The fourth-order valence-electron chi connectivity index (χ4n) is 2.03. The van der Waals surface area contributed by atoms with E-state index in [2.05, 4.69) is 10.1 Å². The van der Waals surface area contributed by atoms with E-state index in [-0.39, 0.29) is 11.6 Å². The second-order valence-electron chi connectivity index (χ2n) is 4.88. The van der Waals surface area contributed by atoms with E-state index in [0.717, 1.165) is 19.3 Å². The molecule has 1 saturated carbocycles. The van der Waals surface area contributed by atoms with Gasteiger partial charge in [-0.1, -0.05) is 16.8 Å². The Labute approximate surface area is 119 Å². The zero-order chi connectivity index (χ0) is 14.2. The molecule has 7 heteroatoms. The van der Waals surface area contributed by atoms with Gasteiger partial charge in [-0.05, 0) is 37.5 Å². The molecule has 106 valence electrons. The number of nitrogens with zero attached hydrogens (tertiary/aromatic N) is 2. The molecule has 1 heterocycles. The molecule has 0 unspecified atom stereocenters. The van der Waals surface area contributed by atoms with E-state index in [9.17, 15) is 4.39 Å². The minimum Gasteiger partial charge on any atom is -0.482 e. The maximum atomic E-state index is 12.9. The minimum absolute atomic E-state index is 0.0639. The summed E-state index contributed by atoms with van der Waals surface area (Å²) in [4.78, 5) is 4.22. The molecule has 2 aromatic rings. The smallest absolute Gasteiger partial charge is 0.264 e. The van der Waals surface area contributed by atoms with Crippen LogP contribution >= 0.6 is 11.6 Å². The first kappa shape index (κ1) is 13.3. The van der Waals surface area contributed by atoms with Crippen LogP contribution in [0, 0.1) is 5.82 Å². The van der Waals surface area contributed by atoms with Crippen LogP contribution in [0.2, 0.25) is 5.02 Å². The molecule has 1 aliphatic carbocycles. The maximum Gasteiger partial charge on any atom is 0.264 e. The van der Waals surface area contributed by atoms with Crippen molar-refractivity contribution in [3.05, 3.63) is 40.8 Å². The van der Waals surface area contributed by atoms with Crippen molar-refractivity contribution < 1.29 is 13.7 Å². The Hall–Kier alpha value is -1.66. The van der Waals surface area contributed by atoms with Gasteiger partial charge in [0.25, 0.3) is 5.89 Å². The normalized spacial score (nSPS) is 16.8. The summed E-state index contributed by atoms with van der Waals surface area (Å²) in [5.74, 6) is 0.765. The Morgan fingerprint density at radius 1 is 1.45 bits per heavy atom. The predicted molar refractivity (Wildman–Crippen MR) is 69.8 cm³/mol. The van der Waals surface area contributed by atoms with Crippen LogP contribution in [0.5, 0.6) is 5.75 Å². The lowest BCUT2D eigenvalue weighted by molar-refractivity contribution is 0.223. The topological polar surface area (TPSA) is 74.2 Å². The molecule has 0 atom stereocenters. The lowest BCUT2D eigenvalue weighted by atomic mass is 9.77. The van der Waals surface area contributed by atoms with E-state index in [4.69, 9.17) is 26.6 Å². The number of hydrogen-bond acceptors (Lipinski definition) is 5. The summed E-state index contributed by atoms with van der Waals surface area (Å²) in [6.07, 6.45) is 2.79. The van der Waals surface area contributed by atoms with Gasteiger partial charge in [0, 0.05) is 0 Å². The quantitative estimate of drug-likeness (QED) is 0.939. The summed E-state index contributed by atoms with van der Waals surface area (Å²) in [6, 6.07) is 3.90. The third kappa shape index (κ3) is 2.48. The molecule has 0 amide bonds. The number of halogens is 2. The van der Waals surface area contributed by atoms with Gasteiger partial charge < -0.3 is 15.0 Å². The summed E-state index contributed by atoms with van der Waals surface area (Å²) in [7, 11) is 0. The molecule has 1 aromatic heterocycles. The van der Waals surface area contributed by atoms with Crippen molar-refractivity contribution in [2.24, 2.45) is 5.73 Å². The van der Waals surface area contributed by atoms with Gasteiger partial charge >= 0.3 is 0 Å². The molecule has 0 radical (unpaired) electrons. The molecule has 5 nitrogen and oxygen atoms in total. The lowest BCUT2D eigenvalue weighted by Gasteiger charge is -2.34. The van der Waals surface area contributed by atoms with Gasteiger partial charge in [-0.3, -0.25) is 0 Å². The highest BCUT2D eigenvalue weighted by molar-refractivity contribution is 6.32. The van der Waals surface area contributed by atoms with Gasteiger partial charge in [-0.2, -0.15) is 4.98 Å². The van der Waals surface area contributed by atoms with Crippen molar-refractivity contribution in [2.45, 2.75) is 31.4 Å². The molecule has 2 N–H and O–H groups in total. The van der Waals surface area contributed by atoms with E-state index in [1.165, 1.54) is 18.2 Å². The first-order chi connectivity index (χ1) is 9.57. The highest BCUT2D eigenvalue weighted by atomic mass is 35.5. The van der Waals surface area contributed by atoms with Crippen LogP contribution in [0.15, 0.2) is 22.7 Å². The number of hydrogen-bond donors (Lipinski definition) is 1. The molecule has 0 saturated heterocycles. The molecular weight excluding hydrogens is 285 g/mol. The SMILES string of the molecule is NC1(c2noc(COc3ccc(F)cc3Cl)n2)CCC1. The number of aromatic nitrogens is 2. The van der Waals surface area contributed by atoms with E-state index >= 15 is 0 Å². The second-order valence-corrected chi connectivity index (χ2v) is 5.29. The molecule has 20 heavy (non-hydrogen) atoms. The third-order valence-corrected chi connectivity index (χ3v) is 3.70. The zero-order valence-corrected chi connectivity index (χ0v) is 11.4. The van der Waals surface area contributed by atoms with Crippen LogP contribution in [-0.4, -0.2) is 10.1 Å². The van der Waals surface area contributed by atoms with Crippen LogP contribution < -0.4 is 10.5 Å². The molecular formula is C13H13ClFN3O2. The van der Waals surface area contributed by atoms with Crippen molar-refractivity contribution in [2.75, 3.05) is 0 Å². The molecule has 0 bridgehead atoms. The summed E-state index contributed by atoms with van der Waals surface area (Å²) >= 11 is 5.85. The Morgan fingerprint density at radius 2 is 2.25 bits per heavy atom. The number of rotatable bonds is 4. The van der Waals surface area contributed by atoms with E-state index < -0.39 is 11.4 Å². The fourth-order valence-corrected chi connectivity index (χ4v) is 2.25. The largest absolute Gasteiger partial charge is 0.482 e. The maximum absolute atomic E-state index is 12.9. The Balaban J connectivity index is 1.66. The lowest BCUT2D eigenvalue weighted by Crippen LogP contribution is -2.44. The highest BCUT2D eigenvalue weighted by Gasteiger charge is 2.38. The summed E-state index contributed by atoms with van der Waals surface area (Å²) in [5, 5.41) is 4.07. The number of benzene rings is 1. The summed E-state index contributed by atoms with van der Waals surface area (Å²) in [5.41, 5.74) is 5.63. The molecule has 1 aromatic carbocycles. The third-order valence-electron chi connectivity index (χ3n) is 3.40. The van der Waals surface area contributed by atoms with Crippen LogP contribution in [0.3, 0.4) is 0 Å². The highest BCUT2D eigenvalue weighted by Crippen LogP contribution is 2.37. The van der Waals surface area contributed by atoms with Crippen molar-refractivity contribution >= 4 is 11.6 Å². The average molecular weight is 298 g/mol. The minimum atomic E-state index is -0.463. The molecule has 1 fully saturated rings. The van der Waals surface area contributed by atoms with Crippen molar-refractivity contribution in [1.82, 2.24) is 10.1 Å². The van der Waals surface area contributed by atoms with Crippen molar-refractivity contribution in [3.63, 3.8) is 0 Å². The molecule has 0 spiro atoms. The number of ether oxygens (including phenoxy) is 1. The number of nitrogens with two attached hydrogens (primary N) is 1. The second kappa shape index (κ2) is 5.03. The van der Waals surface area contributed by atoms with E-state index in [1.807, 2.05) is 0 Å². The first-order valence-corrected chi connectivity index (χ1v) is 6.64. The average Bonchev–Trinajstić information content (AvgIpc) is 2.84. The van der Waals surface area contributed by atoms with Crippen molar-refractivity contribution in [1.29, 1.82) is 0 Å². The summed E-state index contributed by atoms with van der Waals surface area (Å²) < 4.78 is 23.4. The van der Waals surface area contributed by atoms with E-state index in [1.54, 1.807) is 0 Å². The molecule has 0 aliphatic heterocycles. The van der Waals surface area contributed by atoms with Crippen LogP contribution in [-0.2, 0) is 12.1 Å². The van der Waals surface area contributed by atoms with Crippen LogP contribution in [0.25, 0.3) is 0 Å². The van der Waals surface area contributed by atoms with Gasteiger partial charge in [-0.25, -0.2) is 4.39 Å². The Morgan fingerprint density at radius 3 is 2.90 bits per heavy atom. The van der Waals surface area contributed by atoms with Crippen LogP contribution in [0.4, 0.5) is 4.39 Å². The monoisotopic (exact) mass is 297 g/mol. The van der Waals surface area contributed by atoms with Crippen molar-refractivity contribution in [3.8, 4) is 5.75 Å². The van der Waals surface area contributed by atoms with Gasteiger partial charge in [-0.15, -0.1) is 0 Å². The predicted octanol–water partition coefficient (Wildman–Crippen LogP) is 2.78. The Bertz CT molecular complexity index is 628. The van der Waals surface area contributed by atoms with Gasteiger partial charge in [0.15, 0.2) is 12.4 Å². The van der Waals surface area contributed by atoms with Gasteiger partial charge in [0.2, 0.25) is 0 Å². The standard InChI is InChI=1S/C13H13ClFN3O2/c14-9-6-8(15)2-3-10(9)19-7-11-17-12(18-20-11)13(16)4-1-5-13/h2-3,6H,1,4-5,7,16H2. The van der Waals surface area contributed by atoms with E-state index in [0.29, 0.717) is 17.5 Å². The molecule has 3 rings (SSSR count). The Kier molecular flexibility index (Phi) is 3.35. The van der Waals surface area contributed by atoms with Gasteiger partial charge in [0.1, 0.15) is 11.6 Å². The first-order valence-electron chi connectivity index (χ1n) is 6.27. The van der Waals surface area contributed by atoms with Gasteiger partial charge in [0.05, 0.1) is 10.6 Å². The van der Waals surface area contributed by atoms with Crippen LogP contribution in [0.1, 0.15) is 31.0 Å².